The average molecular weight is 187 g/mol. The van der Waals surface area contributed by atoms with E-state index in [4.69, 9.17) is 14.2 Å². The van der Waals surface area contributed by atoms with E-state index in [2.05, 4.69) is 6.58 Å². The monoisotopic (exact) mass is 187 g/mol. The molecule has 1 fully saturated rings. The first-order chi connectivity index (χ1) is 6.27. The van der Waals surface area contributed by atoms with Gasteiger partial charge in [0.1, 0.15) is 6.61 Å². The molecule has 0 saturated carbocycles. The van der Waals surface area contributed by atoms with E-state index in [0.29, 0.717) is 25.2 Å². The summed E-state index contributed by atoms with van der Waals surface area (Å²) in [5, 5.41) is 0. The van der Waals surface area contributed by atoms with Gasteiger partial charge in [-0.15, -0.1) is 0 Å². The van der Waals surface area contributed by atoms with E-state index in [1.165, 1.54) is 0 Å². The van der Waals surface area contributed by atoms with Crippen molar-refractivity contribution in [3.8, 4) is 0 Å². The molecule has 0 unspecified atom stereocenters. The molecule has 1 aliphatic heterocycles. The van der Waals surface area contributed by atoms with Crippen LogP contribution in [0.15, 0.2) is 12.5 Å². The molecule has 0 aromatic heterocycles. The first-order valence-corrected chi connectivity index (χ1v) is 4.36. The summed E-state index contributed by atoms with van der Waals surface area (Å²) in [5.41, 5.74) is 0. The minimum absolute atomic E-state index is 0.336. The Morgan fingerprint density at radius 2 is 2.08 bits per heavy atom. The first-order valence-electron chi connectivity index (χ1n) is 4.36. The lowest BCUT2D eigenvalue weighted by atomic mass is 10.2. The molecule has 0 aliphatic carbocycles. The van der Waals surface area contributed by atoms with E-state index in [1.54, 1.807) is 14.2 Å². The third kappa shape index (κ3) is 2.90. The van der Waals surface area contributed by atoms with Crippen LogP contribution in [0.2, 0.25) is 0 Å². The summed E-state index contributed by atoms with van der Waals surface area (Å²) in [7, 11) is 3.37. The third-order valence-electron chi connectivity index (χ3n) is 2.09. The Hall–Kier alpha value is -0.740. The fourth-order valence-corrected chi connectivity index (χ4v) is 1.12. The van der Waals surface area contributed by atoms with Crippen molar-refractivity contribution in [2.45, 2.75) is 6.10 Å². The quantitative estimate of drug-likeness (QED) is 0.446. The molecule has 0 bridgehead atoms. The Bertz CT molecular complexity index is 166. The highest BCUT2D eigenvalue weighted by atomic mass is 16.5. The van der Waals surface area contributed by atoms with Crippen LogP contribution in [0.4, 0.5) is 0 Å². The largest absolute Gasteiger partial charge is 0.477 e. The number of hydrogen-bond acceptors (Lipinski definition) is 4. The van der Waals surface area contributed by atoms with Gasteiger partial charge in [-0.2, -0.15) is 0 Å². The molecule has 1 heterocycles. The van der Waals surface area contributed by atoms with E-state index in [0.717, 1.165) is 13.1 Å². The molecule has 4 heteroatoms. The summed E-state index contributed by atoms with van der Waals surface area (Å²) in [4.78, 5) is 2.05. The van der Waals surface area contributed by atoms with Gasteiger partial charge in [0.05, 0.1) is 12.7 Å². The van der Waals surface area contributed by atoms with Crippen LogP contribution >= 0.6 is 0 Å². The third-order valence-corrected chi connectivity index (χ3v) is 2.09. The molecule has 1 rings (SSSR count). The van der Waals surface area contributed by atoms with Gasteiger partial charge < -0.3 is 19.1 Å². The Balaban J connectivity index is 2.05. The molecular weight excluding hydrogens is 170 g/mol. The average Bonchev–Trinajstić information content (AvgIpc) is 2.03. The second-order valence-electron chi connectivity index (χ2n) is 3.00. The van der Waals surface area contributed by atoms with Gasteiger partial charge in [-0.1, -0.05) is 0 Å². The van der Waals surface area contributed by atoms with Crippen LogP contribution in [0.5, 0.6) is 0 Å². The molecule has 0 radical (unpaired) electrons. The van der Waals surface area contributed by atoms with Crippen LogP contribution < -0.4 is 0 Å². The maximum atomic E-state index is 5.33. The molecule has 1 saturated heterocycles. The Morgan fingerprint density at radius 1 is 1.38 bits per heavy atom. The Kier molecular flexibility index (Phi) is 4.05. The molecule has 0 amide bonds. The van der Waals surface area contributed by atoms with Gasteiger partial charge in [0, 0.05) is 27.3 Å². The maximum Gasteiger partial charge on any atom is 0.182 e. The van der Waals surface area contributed by atoms with Crippen molar-refractivity contribution >= 4 is 0 Å². The van der Waals surface area contributed by atoms with Crippen molar-refractivity contribution in [1.82, 2.24) is 4.90 Å². The van der Waals surface area contributed by atoms with Gasteiger partial charge in [0.2, 0.25) is 0 Å². The zero-order valence-electron chi connectivity index (χ0n) is 8.28. The standard InChI is InChI=1S/C9H17NO3/c1-8(13-5-4-11-2)10-6-9(7-10)12-3/h9H,1,4-7H2,2-3H3. The molecule has 13 heavy (non-hydrogen) atoms. The topological polar surface area (TPSA) is 30.9 Å². The molecule has 0 N–H and O–H groups in total. The highest BCUT2D eigenvalue weighted by molar-refractivity contribution is 4.94. The van der Waals surface area contributed by atoms with Gasteiger partial charge in [0.25, 0.3) is 0 Å². The molecule has 1 aliphatic rings. The summed E-state index contributed by atoms with van der Waals surface area (Å²) in [5.74, 6) is 0.713. The summed E-state index contributed by atoms with van der Waals surface area (Å²) < 4.78 is 15.3. The fraction of sp³-hybridized carbons (Fsp3) is 0.778. The van der Waals surface area contributed by atoms with Crippen LogP contribution in [0.3, 0.4) is 0 Å². The lowest BCUT2D eigenvalue weighted by Gasteiger charge is -2.40. The molecule has 76 valence electrons. The molecule has 0 aromatic rings. The van der Waals surface area contributed by atoms with Crippen LogP contribution in [0.25, 0.3) is 0 Å². The van der Waals surface area contributed by atoms with Crippen molar-refractivity contribution in [2.75, 3.05) is 40.5 Å². The normalized spacial score (nSPS) is 16.9. The first kappa shape index (κ1) is 10.3. The minimum Gasteiger partial charge on any atom is -0.477 e. The zero-order chi connectivity index (χ0) is 9.68. The van der Waals surface area contributed by atoms with Crippen LogP contribution in [0, 0.1) is 0 Å². The van der Waals surface area contributed by atoms with Gasteiger partial charge in [0.15, 0.2) is 5.88 Å². The van der Waals surface area contributed by atoms with Crippen molar-refractivity contribution in [3.63, 3.8) is 0 Å². The van der Waals surface area contributed by atoms with Crippen LogP contribution in [-0.4, -0.2) is 51.5 Å². The Labute approximate surface area is 79.1 Å². The molecule has 4 nitrogen and oxygen atoms in total. The second-order valence-corrected chi connectivity index (χ2v) is 3.00. The number of nitrogens with zero attached hydrogens (tertiary/aromatic N) is 1. The van der Waals surface area contributed by atoms with Gasteiger partial charge >= 0.3 is 0 Å². The molecule has 0 aromatic carbocycles. The van der Waals surface area contributed by atoms with E-state index in [9.17, 15) is 0 Å². The molecular formula is C9H17NO3. The van der Waals surface area contributed by atoms with Crippen LogP contribution in [0.1, 0.15) is 0 Å². The number of rotatable bonds is 6. The fourth-order valence-electron chi connectivity index (χ4n) is 1.12. The van der Waals surface area contributed by atoms with E-state index in [-0.39, 0.29) is 0 Å². The van der Waals surface area contributed by atoms with E-state index in [1.807, 2.05) is 4.90 Å². The number of ether oxygens (including phenoxy) is 3. The number of hydrogen-bond donors (Lipinski definition) is 0. The van der Waals surface area contributed by atoms with Crippen LogP contribution in [-0.2, 0) is 14.2 Å². The summed E-state index contributed by atoms with van der Waals surface area (Å²) >= 11 is 0. The summed E-state index contributed by atoms with van der Waals surface area (Å²) in [6, 6.07) is 0. The smallest absolute Gasteiger partial charge is 0.182 e. The van der Waals surface area contributed by atoms with Gasteiger partial charge in [-0.25, -0.2) is 0 Å². The lowest BCUT2D eigenvalue weighted by Crippen LogP contribution is -2.51. The highest BCUT2D eigenvalue weighted by Gasteiger charge is 2.27. The zero-order valence-corrected chi connectivity index (χ0v) is 8.28. The highest BCUT2D eigenvalue weighted by Crippen LogP contribution is 2.16. The summed E-state index contributed by atoms with van der Waals surface area (Å²) in [6.45, 7) is 6.72. The molecule has 0 atom stereocenters. The predicted molar refractivity (Wildman–Crippen MR) is 49.3 cm³/mol. The maximum absolute atomic E-state index is 5.33. The van der Waals surface area contributed by atoms with Gasteiger partial charge in [-0.05, 0) is 6.58 Å². The van der Waals surface area contributed by atoms with E-state index >= 15 is 0 Å². The summed E-state index contributed by atoms with van der Waals surface area (Å²) in [6.07, 6.45) is 0.336. The minimum atomic E-state index is 0.336. The van der Waals surface area contributed by atoms with Gasteiger partial charge in [-0.3, -0.25) is 0 Å². The van der Waals surface area contributed by atoms with E-state index < -0.39 is 0 Å². The number of likely N-dealkylation sites (tertiary alicyclic amines) is 1. The van der Waals surface area contributed by atoms with Crippen molar-refractivity contribution in [2.24, 2.45) is 0 Å². The second kappa shape index (κ2) is 5.09. The predicted octanol–water partition coefficient (Wildman–Crippen LogP) is 0.451. The van der Waals surface area contributed by atoms with Crippen molar-refractivity contribution < 1.29 is 14.2 Å². The Morgan fingerprint density at radius 3 is 2.62 bits per heavy atom. The van der Waals surface area contributed by atoms with Crippen molar-refractivity contribution in [3.05, 3.63) is 12.5 Å². The lowest BCUT2D eigenvalue weighted by molar-refractivity contribution is -0.0479. The SMILES string of the molecule is C=C(OCCOC)N1CC(OC)C1. The molecule has 0 spiro atoms. The number of methoxy groups -OCH3 is 2. The van der Waals surface area contributed by atoms with Crippen molar-refractivity contribution in [1.29, 1.82) is 0 Å².